The number of ether oxygens (including phenoxy) is 2. The fourth-order valence-electron chi connectivity index (χ4n) is 1.59. The zero-order valence-corrected chi connectivity index (χ0v) is 9.10. The first kappa shape index (κ1) is 10.9. The molecular formula is C11H14N2O3. The summed E-state index contributed by atoms with van der Waals surface area (Å²) in [5, 5.41) is 3.20. The third-order valence-electron chi connectivity index (χ3n) is 2.46. The smallest absolute Gasteiger partial charge is 0.339 e. The number of rotatable bonds is 3. The van der Waals surface area contributed by atoms with E-state index in [-0.39, 0.29) is 12.1 Å². The number of hydrogen-bond acceptors (Lipinski definition) is 5. The first-order valence-corrected chi connectivity index (χ1v) is 5.21. The molecule has 1 aliphatic rings. The van der Waals surface area contributed by atoms with Gasteiger partial charge in [0.15, 0.2) is 0 Å². The van der Waals surface area contributed by atoms with E-state index in [4.69, 9.17) is 4.74 Å². The largest absolute Gasteiger partial charge is 0.473 e. The van der Waals surface area contributed by atoms with Crippen LogP contribution in [0.1, 0.15) is 16.8 Å². The summed E-state index contributed by atoms with van der Waals surface area (Å²) < 4.78 is 10.2. The molecule has 86 valence electrons. The molecule has 1 atom stereocenters. The Kier molecular flexibility index (Phi) is 3.36. The van der Waals surface area contributed by atoms with E-state index in [1.54, 1.807) is 12.1 Å². The Bertz CT molecular complexity index is 358. The highest BCUT2D eigenvalue weighted by molar-refractivity contribution is 5.88. The predicted octanol–water partition coefficient (Wildman–Crippen LogP) is 0.609. The summed E-state index contributed by atoms with van der Waals surface area (Å²) in [4.78, 5) is 15.2. The fraction of sp³-hybridized carbons (Fsp3) is 0.455. The van der Waals surface area contributed by atoms with Crippen LogP contribution in [0.3, 0.4) is 0 Å². The van der Waals surface area contributed by atoms with Crippen molar-refractivity contribution in [1.29, 1.82) is 0 Å². The predicted molar refractivity (Wildman–Crippen MR) is 57.5 cm³/mol. The molecule has 0 saturated carbocycles. The lowest BCUT2D eigenvalue weighted by atomic mass is 10.3. The molecule has 0 spiro atoms. The maximum Gasteiger partial charge on any atom is 0.339 e. The van der Waals surface area contributed by atoms with E-state index in [9.17, 15) is 4.79 Å². The highest BCUT2D eigenvalue weighted by Gasteiger charge is 2.16. The van der Waals surface area contributed by atoms with Crippen LogP contribution in [0, 0.1) is 0 Å². The number of carbonyl (C=O) groups is 1. The minimum absolute atomic E-state index is 0.177. The van der Waals surface area contributed by atoms with Gasteiger partial charge in [-0.05, 0) is 19.0 Å². The third kappa shape index (κ3) is 2.49. The first-order chi connectivity index (χ1) is 7.79. The number of nitrogens with one attached hydrogen (secondary N) is 1. The van der Waals surface area contributed by atoms with E-state index in [1.807, 2.05) is 0 Å². The lowest BCUT2D eigenvalue weighted by Gasteiger charge is -2.11. The number of aromatic nitrogens is 1. The Morgan fingerprint density at radius 1 is 1.56 bits per heavy atom. The highest BCUT2D eigenvalue weighted by atomic mass is 16.5. The Balaban J connectivity index is 1.98. The molecule has 0 radical (unpaired) electrons. The van der Waals surface area contributed by atoms with Crippen molar-refractivity contribution in [3.8, 4) is 5.88 Å². The van der Waals surface area contributed by atoms with Gasteiger partial charge in [-0.2, -0.15) is 0 Å². The van der Waals surface area contributed by atoms with E-state index >= 15 is 0 Å². The van der Waals surface area contributed by atoms with Crippen molar-refractivity contribution in [3.63, 3.8) is 0 Å². The molecule has 16 heavy (non-hydrogen) atoms. The minimum Gasteiger partial charge on any atom is -0.473 e. The summed E-state index contributed by atoms with van der Waals surface area (Å²) in [6.07, 6.45) is 2.63. The van der Waals surface area contributed by atoms with E-state index in [1.165, 1.54) is 13.3 Å². The van der Waals surface area contributed by atoms with E-state index in [0.29, 0.717) is 11.4 Å². The van der Waals surface area contributed by atoms with Gasteiger partial charge in [-0.1, -0.05) is 0 Å². The second-order valence-electron chi connectivity index (χ2n) is 3.61. The Morgan fingerprint density at radius 2 is 2.44 bits per heavy atom. The zero-order valence-electron chi connectivity index (χ0n) is 9.10. The molecule has 1 N–H and O–H groups in total. The van der Waals surface area contributed by atoms with Gasteiger partial charge in [-0.3, -0.25) is 0 Å². The molecule has 1 aliphatic heterocycles. The Hall–Kier alpha value is -1.62. The quantitative estimate of drug-likeness (QED) is 0.759. The molecule has 1 aromatic rings. The normalized spacial score (nSPS) is 19.4. The van der Waals surface area contributed by atoms with Gasteiger partial charge in [0.2, 0.25) is 5.88 Å². The molecule has 0 bridgehead atoms. The topological polar surface area (TPSA) is 60.5 Å². The average Bonchev–Trinajstić information content (AvgIpc) is 2.82. The molecular weight excluding hydrogens is 208 g/mol. The molecule has 0 aromatic carbocycles. The van der Waals surface area contributed by atoms with Gasteiger partial charge >= 0.3 is 5.97 Å². The molecule has 0 aliphatic carbocycles. The summed E-state index contributed by atoms with van der Waals surface area (Å²) in [5.74, 6) is 0.155. The zero-order chi connectivity index (χ0) is 11.4. The molecule has 1 aromatic heterocycles. The fourth-order valence-corrected chi connectivity index (χ4v) is 1.59. The van der Waals surface area contributed by atoms with Crippen molar-refractivity contribution in [2.24, 2.45) is 0 Å². The first-order valence-electron chi connectivity index (χ1n) is 5.21. The van der Waals surface area contributed by atoms with Crippen molar-refractivity contribution >= 4 is 5.97 Å². The molecule has 5 nitrogen and oxygen atoms in total. The maximum absolute atomic E-state index is 11.2. The molecule has 0 amide bonds. The van der Waals surface area contributed by atoms with Crippen LogP contribution >= 0.6 is 0 Å². The SMILES string of the molecule is COC(=O)c1ccc(O[C@H]2CCNC2)nc1. The number of carbonyl (C=O) groups excluding carboxylic acids is 1. The van der Waals surface area contributed by atoms with Crippen molar-refractivity contribution in [3.05, 3.63) is 23.9 Å². The van der Waals surface area contributed by atoms with Crippen LogP contribution in [-0.4, -0.2) is 37.3 Å². The molecule has 1 fully saturated rings. The summed E-state index contributed by atoms with van der Waals surface area (Å²) in [5.41, 5.74) is 0.430. The number of nitrogens with zero attached hydrogens (tertiary/aromatic N) is 1. The van der Waals surface area contributed by atoms with Gasteiger partial charge in [-0.25, -0.2) is 9.78 Å². The molecule has 2 heterocycles. The third-order valence-corrected chi connectivity index (χ3v) is 2.46. The van der Waals surface area contributed by atoms with Crippen LogP contribution in [0.5, 0.6) is 5.88 Å². The van der Waals surface area contributed by atoms with Crippen LogP contribution < -0.4 is 10.1 Å². The van der Waals surface area contributed by atoms with Gasteiger partial charge in [0, 0.05) is 18.8 Å². The highest BCUT2D eigenvalue weighted by Crippen LogP contribution is 2.12. The van der Waals surface area contributed by atoms with Crippen molar-refractivity contribution < 1.29 is 14.3 Å². The average molecular weight is 222 g/mol. The second-order valence-corrected chi connectivity index (χ2v) is 3.61. The Labute approximate surface area is 93.8 Å². The van der Waals surface area contributed by atoms with Gasteiger partial charge in [-0.15, -0.1) is 0 Å². The number of hydrogen-bond donors (Lipinski definition) is 1. The minimum atomic E-state index is -0.387. The van der Waals surface area contributed by atoms with Crippen LogP contribution in [0.2, 0.25) is 0 Å². The second kappa shape index (κ2) is 4.94. The molecule has 2 rings (SSSR count). The van der Waals surface area contributed by atoms with Crippen molar-refractivity contribution in [2.45, 2.75) is 12.5 Å². The number of pyridine rings is 1. The van der Waals surface area contributed by atoms with Crippen LogP contribution in [0.15, 0.2) is 18.3 Å². The lowest BCUT2D eigenvalue weighted by molar-refractivity contribution is 0.0600. The van der Waals surface area contributed by atoms with Crippen LogP contribution in [-0.2, 0) is 4.74 Å². The summed E-state index contributed by atoms with van der Waals surface area (Å²) in [7, 11) is 1.34. The number of methoxy groups -OCH3 is 1. The molecule has 0 unspecified atom stereocenters. The van der Waals surface area contributed by atoms with E-state index in [0.717, 1.165) is 19.5 Å². The number of esters is 1. The monoisotopic (exact) mass is 222 g/mol. The summed E-state index contributed by atoms with van der Waals surface area (Å²) >= 11 is 0. The van der Waals surface area contributed by atoms with Gasteiger partial charge < -0.3 is 14.8 Å². The van der Waals surface area contributed by atoms with Crippen molar-refractivity contribution in [1.82, 2.24) is 10.3 Å². The van der Waals surface area contributed by atoms with Gasteiger partial charge in [0.25, 0.3) is 0 Å². The van der Waals surface area contributed by atoms with E-state index < -0.39 is 0 Å². The van der Waals surface area contributed by atoms with Crippen LogP contribution in [0.25, 0.3) is 0 Å². The summed E-state index contributed by atoms with van der Waals surface area (Å²) in [6.45, 7) is 1.82. The standard InChI is InChI=1S/C11H14N2O3/c1-15-11(14)8-2-3-10(13-6-8)16-9-4-5-12-7-9/h2-3,6,9,12H,4-5,7H2,1H3/t9-/m0/s1. The van der Waals surface area contributed by atoms with Gasteiger partial charge in [0.05, 0.1) is 12.7 Å². The summed E-state index contributed by atoms with van der Waals surface area (Å²) in [6, 6.07) is 3.33. The molecule has 5 heteroatoms. The molecule has 1 saturated heterocycles. The van der Waals surface area contributed by atoms with Gasteiger partial charge in [0.1, 0.15) is 6.10 Å². The Morgan fingerprint density at radius 3 is 3.00 bits per heavy atom. The van der Waals surface area contributed by atoms with Crippen LogP contribution in [0.4, 0.5) is 0 Å². The maximum atomic E-state index is 11.2. The lowest BCUT2D eigenvalue weighted by Crippen LogP contribution is -2.20. The van der Waals surface area contributed by atoms with Crippen molar-refractivity contribution in [2.75, 3.05) is 20.2 Å². The van der Waals surface area contributed by atoms with E-state index in [2.05, 4.69) is 15.0 Å².